The molecule has 0 saturated carbocycles. The first kappa shape index (κ1) is 22.8. The molecule has 0 atom stereocenters. The van der Waals surface area contributed by atoms with E-state index >= 15 is 0 Å². The summed E-state index contributed by atoms with van der Waals surface area (Å²) in [7, 11) is 0. The molecule has 0 spiro atoms. The Kier molecular flexibility index (Phi) is 191. The van der Waals surface area contributed by atoms with Crippen LogP contribution in [0.1, 0.15) is 41.5 Å². The highest BCUT2D eigenvalue weighted by molar-refractivity contribution is 4.73. The van der Waals surface area contributed by atoms with Crippen molar-refractivity contribution in [3.8, 4) is 12.3 Å². The Morgan fingerprint density at radius 1 is 1.50 bits per heavy atom. The molecule has 0 radical (unpaired) electrons. The number of hydrogen-bond donors (Lipinski definition) is 0. The third-order valence-electron chi connectivity index (χ3n) is 0. The van der Waals surface area contributed by atoms with Gasteiger partial charge in [0.2, 0.25) is 0 Å². The van der Waals surface area contributed by atoms with Crippen molar-refractivity contribution in [1.29, 1.82) is 0 Å². The fraction of sp³-hybridized carbons (Fsp3) is 0.600. The van der Waals surface area contributed by atoms with E-state index in [2.05, 4.69) is 32.8 Å². The molecule has 0 rings (SSSR count). The zero-order valence-electron chi connectivity index (χ0n) is 7.07. The lowest BCUT2D eigenvalue weighted by Gasteiger charge is -1.48. The van der Waals surface area contributed by atoms with E-state index < -0.39 is 0 Å². The molecular formula is C10H22. The van der Waals surface area contributed by atoms with Crippen LogP contribution in [0.5, 0.6) is 0 Å². The van der Waals surface area contributed by atoms with E-state index in [0.717, 1.165) is 0 Å². The number of allylic oxidation sites excluding steroid dienone is 1. The first-order valence-corrected chi connectivity index (χ1v) is 3.19. The minimum absolute atomic E-state index is 0. The predicted octanol–water partition coefficient (Wildman–Crippen LogP) is 3.88. The summed E-state index contributed by atoms with van der Waals surface area (Å²) in [4.78, 5) is 0. The van der Waals surface area contributed by atoms with Gasteiger partial charge in [0, 0.05) is 0 Å². The van der Waals surface area contributed by atoms with Gasteiger partial charge in [-0.25, -0.2) is 0 Å². The lowest BCUT2D eigenvalue weighted by molar-refractivity contribution is 1.09. The van der Waals surface area contributed by atoms with Crippen LogP contribution in [0.3, 0.4) is 0 Å². The normalized spacial score (nSPS) is 3.90. The van der Waals surface area contributed by atoms with E-state index in [-0.39, 0.29) is 7.43 Å². The van der Waals surface area contributed by atoms with Crippen LogP contribution in [0.15, 0.2) is 12.7 Å². The fourth-order valence-electron chi connectivity index (χ4n) is 0. The van der Waals surface area contributed by atoms with Gasteiger partial charge in [0.25, 0.3) is 0 Å². The second-order valence-corrected chi connectivity index (χ2v) is 1.40. The van der Waals surface area contributed by atoms with Crippen molar-refractivity contribution in [3.63, 3.8) is 0 Å². The van der Waals surface area contributed by atoms with Crippen molar-refractivity contribution in [2.45, 2.75) is 41.5 Å². The molecule has 0 heteroatoms. The molecule has 0 unspecified atom stereocenters. The van der Waals surface area contributed by atoms with E-state index in [9.17, 15) is 0 Å². The van der Waals surface area contributed by atoms with E-state index in [4.69, 9.17) is 0 Å². The van der Waals surface area contributed by atoms with Gasteiger partial charge >= 0.3 is 0 Å². The smallest absolute Gasteiger partial charge is 0.00297 e. The zero-order valence-corrected chi connectivity index (χ0v) is 7.07. The van der Waals surface area contributed by atoms with E-state index in [1.165, 1.54) is 6.42 Å². The monoisotopic (exact) mass is 142 g/mol. The SMILES string of the molecule is C.C#CC.C=CC.CCC. The average molecular weight is 142 g/mol. The Morgan fingerprint density at radius 3 is 1.50 bits per heavy atom. The number of terminal acetylenes is 1. The van der Waals surface area contributed by atoms with Crippen LogP contribution < -0.4 is 0 Å². The largest absolute Gasteiger partial charge is 0.120 e. The van der Waals surface area contributed by atoms with Crippen LogP contribution in [0.4, 0.5) is 0 Å². The standard InChI is InChI=1S/C3H8.C3H6.C3H4.CH4/c3*1-3-2;/h3H2,1-2H3;3H,1H2,2H3;1H,2H3;1H4. The minimum Gasteiger partial charge on any atom is -0.120 e. The molecule has 0 saturated heterocycles. The maximum absolute atomic E-state index is 4.60. The Labute approximate surface area is 67.4 Å². The quantitative estimate of drug-likeness (QED) is 0.355. The van der Waals surface area contributed by atoms with Crippen molar-refractivity contribution in [3.05, 3.63) is 12.7 Å². The summed E-state index contributed by atoms with van der Waals surface area (Å²) >= 11 is 0. The first-order valence-electron chi connectivity index (χ1n) is 3.19. The molecule has 0 bridgehead atoms. The maximum atomic E-state index is 4.60. The molecule has 0 heterocycles. The molecule has 0 nitrogen and oxygen atoms in total. The van der Waals surface area contributed by atoms with Crippen LogP contribution in [0.2, 0.25) is 0 Å². The third kappa shape index (κ3) is 591. The molecular weight excluding hydrogens is 120 g/mol. The van der Waals surface area contributed by atoms with Crippen molar-refractivity contribution in [2.24, 2.45) is 0 Å². The molecule has 0 aromatic rings. The molecule has 10 heavy (non-hydrogen) atoms. The summed E-state index contributed by atoms with van der Waals surface area (Å²) in [5, 5.41) is 0. The molecule has 62 valence electrons. The van der Waals surface area contributed by atoms with Gasteiger partial charge in [-0.05, 0) is 13.8 Å². The molecule has 0 aromatic heterocycles. The first-order chi connectivity index (χ1) is 4.24. The van der Waals surface area contributed by atoms with Gasteiger partial charge in [-0.15, -0.1) is 18.9 Å². The number of hydrogen-bond acceptors (Lipinski definition) is 0. The van der Waals surface area contributed by atoms with E-state index in [1.54, 1.807) is 13.0 Å². The van der Waals surface area contributed by atoms with Crippen LogP contribution in [-0.4, -0.2) is 0 Å². The zero-order chi connectivity index (χ0) is 8.12. The average Bonchev–Trinajstić information content (AvgIpc) is 1.70. The molecule has 0 fully saturated rings. The molecule has 0 amide bonds. The van der Waals surface area contributed by atoms with Gasteiger partial charge in [0.05, 0.1) is 0 Å². The maximum Gasteiger partial charge on any atom is -0.00297 e. The summed E-state index contributed by atoms with van der Waals surface area (Å²) in [5.74, 6) is 2.25. The molecule has 0 aliphatic carbocycles. The van der Waals surface area contributed by atoms with Crippen molar-refractivity contribution < 1.29 is 0 Å². The summed E-state index contributed by atoms with van der Waals surface area (Å²) in [6.07, 6.45) is 7.60. The van der Waals surface area contributed by atoms with Crippen LogP contribution in [0, 0.1) is 12.3 Å². The van der Waals surface area contributed by atoms with Gasteiger partial charge < -0.3 is 0 Å². The molecule has 0 N–H and O–H groups in total. The van der Waals surface area contributed by atoms with Crippen LogP contribution >= 0.6 is 0 Å². The van der Waals surface area contributed by atoms with Crippen molar-refractivity contribution in [1.82, 2.24) is 0 Å². The van der Waals surface area contributed by atoms with E-state index in [0.29, 0.717) is 0 Å². The minimum atomic E-state index is 0. The van der Waals surface area contributed by atoms with Crippen LogP contribution in [-0.2, 0) is 0 Å². The lowest BCUT2D eigenvalue weighted by Crippen LogP contribution is -1.27. The summed E-state index contributed by atoms with van der Waals surface area (Å²) in [6, 6.07) is 0. The lowest BCUT2D eigenvalue weighted by atomic mass is 10.6. The second-order valence-electron chi connectivity index (χ2n) is 1.40. The van der Waals surface area contributed by atoms with Crippen molar-refractivity contribution in [2.75, 3.05) is 0 Å². The Morgan fingerprint density at radius 2 is 1.50 bits per heavy atom. The van der Waals surface area contributed by atoms with Gasteiger partial charge in [-0.1, -0.05) is 33.8 Å². The summed E-state index contributed by atoms with van der Waals surface area (Å²) in [5.41, 5.74) is 0. The van der Waals surface area contributed by atoms with Gasteiger partial charge in [0.1, 0.15) is 0 Å². The molecule has 0 aliphatic rings. The highest BCUT2D eigenvalue weighted by Gasteiger charge is 1.35. The topological polar surface area (TPSA) is 0 Å². The highest BCUT2D eigenvalue weighted by Crippen LogP contribution is 1.56. The van der Waals surface area contributed by atoms with Gasteiger partial charge in [-0.2, -0.15) is 0 Å². The Bertz CT molecular complexity index is 54.9. The van der Waals surface area contributed by atoms with Gasteiger partial charge in [0.15, 0.2) is 0 Å². The highest BCUT2D eigenvalue weighted by atomic mass is 13.4. The van der Waals surface area contributed by atoms with Gasteiger partial charge in [-0.3, -0.25) is 0 Å². The van der Waals surface area contributed by atoms with Crippen LogP contribution in [0.25, 0.3) is 0 Å². The number of rotatable bonds is 0. The van der Waals surface area contributed by atoms with Crippen molar-refractivity contribution >= 4 is 0 Å². The Hall–Kier alpha value is -0.700. The summed E-state index contributed by atoms with van der Waals surface area (Å²) in [6.45, 7) is 11.2. The Balaban J connectivity index is -0.0000000257. The second kappa shape index (κ2) is 83.6. The third-order valence-corrected chi connectivity index (χ3v) is 0. The molecule has 0 aromatic carbocycles. The molecule has 0 aliphatic heterocycles. The summed E-state index contributed by atoms with van der Waals surface area (Å²) < 4.78 is 0. The predicted molar refractivity (Wildman–Crippen MR) is 53.1 cm³/mol. The fourth-order valence-corrected chi connectivity index (χ4v) is 0. The van der Waals surface area contributed by atoms with E-state index in [1.807, 2.05) is 6.92 Å².